The third kappa shape index (κ3) is 7.21. The van der Waals surface area contributed by atoms with Crippen molar-refractivity contribution in [2.45, 2.75) is 64.1 Å². The molecule has 4 rings (SSSR count). The second-order valence-electron chi connectivity index (χ2n) is 10.6. The number of hydrogen-bond donors (Lipinski definition) is 3. The van der Waals surface area contributed by atoms with Gasteiger partial charge in [-0.25, -0.2) is 8.42 Å². The van der Waals surface area contributed by atoms with Crippen LogP contribution in [0.3, 0.4) is 0 Å². The molecule has 1 aromatic carbocycles. The Labute approximate surface area is 232 Å². The molecule has 3 N–H and O–H groups in total. The normalized spacial score (nSPS) is 18.5. The minimum Gasteiger partial charge on any atom is -0.390 e. The van der Waals surface area contributed by atoms with E-state index in [-0.39, 0.29) is 43.7 Å². The zero-order valence-corrected chi connectivity index (χ0v) is 23.8. The smallest absolute Gasteiger partial charge is 0.390 e. The van der Waals surface area contributed by atoms with E-state index in [9.17, 15) is 31.5 Å². The number of halogens is 3. The number of carbonyl (C=O) groups excluding carboxylic acids is 1. The van der Waals surface area contributed by atoms with Gasteiger partial charge in [-0.3, -0.25) is 9.48 Å². The van der Waals surface area contributed by atoms with Crippen molar-refractivity contribution in [1.29, 1.82) is 0 Å². The fourth-order valence-corrected chi connectivity index (χ4v) is 6.38. The minimum absolute atomic E-state index is 0.00160. The third-order valence-corrected chi connectivity index (χ3v) is 8.72. The summed E-state index contributed by atoms with van der Waals surface area (Å²) in [5.41, 5.74) is 1.60. The number of aromatic nitrogens is 2. The summed E-state index contributed by atoms with van der Waals surface area (Å²) in [5, 5.41) is 21.4. The van der Waals surface area contributed by atoms with Crippen LogP contribution in [0.15, 0.2) is 18.2 Å². The number of nitrogens with zero attached hydrogens (tertiary/aromatic N) is 4. The van der Waals surface area contributed by atoms with E-state index in [1.54, 1.807) is 11.7 Å². The van der Waals surface area contributed by atoms with E-state index in [1.165, 1.54) is 23.4 Å². The molecule has 0 aliphatic carbocycles. The number of nitrogens with one attached hydrogen (secondary N) is 2. The first-order valence-electron chi connectivity index (χ1n) is 13.3. The molecule has 40 heavy (non-hydrogen) atoms. The van der Waals surface area contributed by atoms with Gasteiger partial charge in [-0.1, -0.05) is 6.07 Å². The van der Waals surface area contributed by atoms with E-state index in [0.717, 1.165) is 43.9 Å². The zero-order valence-electron chi connectivity index (χ0n) is 23.0. The Morgan fingerprint density at radius 1 is 1.20 bits per heavy atom. The van der Waals surface area contributed by atoms with Crippen molar-refractivity contribution in [3.8, 4) is 11.3 Å². The molecule has 0 bridgehead atoms. The van der Waals surface area contributed by atoms with Crippen molar-refractivity contribution < 1.29 is 31.5 Å². The highest BCUT2D eigenvalue weighted by molar-refractivity contribution is 7.88. The zero-order chi connectivity index (χ0) is 29.2. The third-order valence-electron chi connectivity index (χ3n) is 7.47. The van der Waals surface area contributed by atoms with Gasteiger partial charge in [0.25, 0.3) is 0 Å². The van der Waals surface area contributed by atoms with Gasteiger partial charge in [0.1, 0.15) is 0 Å². The van der Waals surface area contributed by atoms with Gasteiger partial charge < -0.3 is 20.6 Å². The summed E-state index contributed by atoms with van der Waals surface area (Å²) < 4.78 is 68.5. The lowest BCUT2D eigenvalue weighted by molar-refractivity contribution is -0.138. The molecule has 2 aromatic rings. The lowest BCUT2D eigenvalue weighted by Gasteiger charge is -2.33. The number of aliphatic hydroxyl groups excluding tert-OH is 1. The molecule has 2 aliphatic heterocycles. The first-order chi connectivity index (χ1) is 18.8. The van der Waals surface area contributed by atoms with Gasteiger partial charge in [-0.05, 0) is 37.6 Å². The number of fused-ring (bicyclic) bond motifs is 1. The average Bonchev–Trinajstić information content (AvgIpc) is 3.21. The summed E-state index contributed by atoms with van der Waals surface area (Å²) in [4.78, 5) is 13.4. The molecule has 1 fully saturated rings. The van der Waals surface area contributed by atoms with Crippen molar-refractivity contribution in [3.63, 3.8) is 0 Å². The van der Waals surface area contributed by atoms with Crippen LogP contribution in [0.25, 0.3) is 11.3 Å². The molecule has 1 aromatic heterocycles. The maximum absolute atomic E-state index is 13.6. The Morgan fingerprint density at radius 3 is 2.50 bits per heavy atom. The number of sulfonamides is 1. The summed E-state index contributed by atoms with van der Waals surface area (Å²) in [5.74, 6) is -0.0571. The number of aliphatic hydroxyl groups is 1. The summed E-state index contributed by atoms with van der Waals surface area (Å²) >= 11 is 0. The Kier molecular flexibility index (Phi) is 9.25. The highest BCUT2D eigenvalue weighted by Crippen LogP contribution is 2.36. The second-order valence-corrected chi connectivity index (χ2v) is 12.6. The standard InChI is InChI=1S/C26H37F3N6O4S/c1-17(36)31-20-6-9-33(10-7-20)14-21(37)15-35-24-8-11-34(40(3,38)39)16-22(24)25(32-35)18-4-5-23(26(27,28)29)19(12-18)13-30-2/h4-5,12,20-21,30,37H,6-11,13-16H2,1-3H3,(H,31,36). The van der Waals surface area contributed by atoms with Crippen molar-refractivity contribution in [2.75, 3.05) is 39.5 Å². The lowest BCUT2D eigenvalue weighted by Crippen LogP contribution is -2.46. The van der Waals surface area contributed by atoms with E-state index in [0.29, 0.717) is 29.8 Å². The summed E-state index contributed by atoms with van der Waals surface area (Å²) in [6.07, 6.45) is -2.21. The number of rotatable bonds is 9. The Morgan fingerprint density at radius 2 is 1.90 bits per heavy atom. The fraction of sp³-hybridized carbons (Fsp3) is 0.615. The molecule has 0 radical (unpaired) electrons. The number of likely N-dealkylation sites (tertiary alicyclic amines) is 1. The molecular formula is C26H37F3N6O4S. The molecule has 3 heterocycles. The number of hydrogen-bond acceptors (Lipinski definition) is 7. The highest BCUT2D eigenvalue weighted by atomic mass is 32.2. The van der Waals surface area contributed by atoms with E-state index < -0.39 is 27.9 Å². The van der Waals surface area contributed by atoms with E-state index >= 15 is 0 Å². The lowest BCUT2D eigenvalue weighted by atomic mass is 9.97. The summed E-state index contributed by atoms with van der Waals surface area (Å²) in [7, 11) is -1.93. The van der Waals surface area contributed by atoms with Crippen LogP contribution in [0.4, 0.5) is 13.2 Å². The molecule has 1 amide bonds. The van der Waals surface area contributed by atoms with Crippen molar-refractivity contribution in [2.24, 2.45) is 0 Å². The molecule has 14 heteroatoms. The van der Waals surface area contributed by atoms with Gasteiger partial charge in [0.2, 0.25) is 15.9 Å². The largest absolute Gasteiger partial charge is 0.416 e. The average molecular weight is 587 g/mol. The number of piperidine rings is 1. The monoisotopic (exact) mass is 586 g/mol. The van der Waals surface area contributed by atoms with Crippen LogP contribution in [-0.2, 0) is 47.0 Å². The quantitative estimate of drug-likeness (QED) is 0.408. The predicted octanol–water partition coefficient (Wildman–Crippen LogP) is 1.57. The van der Waals surface area contributed by atoms with Crippen LogP contribution in [0.5, 0.6) is 0 Å². The van der Waals surface area contributed by atoms with E-state index in [1.807, 2.05) is 0 Å². The summed E-state index contributed by atoms with van der Waals surface area (Å²) in [6, 6.07) is 3.97. The molecule has 0 spiro atoms. The van der Waals surface area contributed by atoms with E-state index in [4.69, 9.17) is 5.10 Å². The Balaban J connectivity index is 1.60. The van der Waals surface area contributed by atoms with E-state index in [2.05, 4.69) is 15.5 Å². The molecule has 10 nitrogen and oxygen atoms in total. The van der Waals surface area contributed by atoms with Gasteiger partial charge in [0.15, 0.2) is 0 Å². The molecule has 222 valence electrons. The number of carbonyl (C=O) groups is 1. The number of amides is 1. The Hall–Kier alpha value is -2.52. The van der Waals surface area contributed by atoms with Crippen molar-refractivity contribution in [3.05, 3.63) is 40.6 Å². The molecular weight excluding hydrogens is 549 g/mol. The maximum Gasteiger partial charge on any atom is 0.416 e. The number of β-amino-alcohol motifs (C(OH)–C–C–N with tert-alkyl or cyclic N) is 1. The molecule has 0 saturated carbocycles. The summed E-state index contributed by atoms with van der Waals surface area (Å²) in [6.45, 7) is 3.83. The van der Waals surface area contributed by atoms with Gasteiger partial charge in [-0.2, -0.15) is 22.6 Å². The number of benzene rings is 1. The van der Waals surface area contributed by atoms with Gasteiger partial charge in [-0.15, -0.1) is 0 Å². The number of alkyl halides is 3. The highest BCUT2D eigenvalue weighted by Gasteiger charge is 2.35. The Bertz CT molecular complexity index is 1320. The first-order valence-corrected chi connectivity index (χ1v) is 15.2. The second kappa shape index (κ2) is 12.1. The topological polar surface area (TPSA) is 120 Å². The SMILES string of the molecule is CNCc1cc(-c2nn(CC(O)CN3CCC(NC(C)=O)CC3)c3c2CN(S(C)(=O)=O)CC3)ccc1C(F)(F)F. The first kappa shape index (κ1) is 30.4. The van der Waals surface area contributed by atoms with Crippen LogP contribution >= 0.6 is 0 Å². The van der Waals surface area contributed by atoms with Crippen molar-refractivity contribution in [1.82, 2.24) is 29.6 Å². The maximum atomic E-state index is 13.6. The van der Waals surface area contributed by atoms with Crippen molar-refractivity contribution >= 4 is 15.9 Å². The van der Waals surface area contributed by atoms with Gasteiger partial charge in [0, 0.05) is 75.5 Å². The van der Waals surface area contributed by atoms with Crippen LogP contribution < -0.4 is 10.6 Å². The molecule has 1 atom stereocenters. The molecule has 1 unspecified atom stereocenters. The van der Waals surface area contributed by atoms with Crippen LogP contribution in [0.2, 0.25) is 0 Å². The van der Waals surface area contributed by atoms with Gasteiger partial charge in [0.05, 0.1) is 30.2 Å². The van der Waals surface area contributed by atoms with Crippen LogP contribution in [0, 0.1) is 0 Å². The molecule has 2 aliphatic rings. The van der Waals surface area contributed by atoms with Crippen LogP contribution in [0.1, 0.15) is 42.1 Å². The van der Waals surface area contributed by atoms with Crippen LogP contribution in [-0.4, -0.2) is 90.0 Å². The molecule has 1 saturated heterocycles. The predicted molar refractivity (Wildman–Crippen MR) is 144 cm³/mol. The minimum atomic E-state index is -4.52. The fourth-order valence-electron chi connectivity index (χ4n) is 5.59. The van der Waals surface area contributed by atoms with Gasteiger partial charge >= 0.3 is 6.18 Å².